The lowest BCUT2D eigenvalue weighted by atomic mass is 9.56. The van der Waals surface area contributed by atoms with Gasteiger partial charge >= 0.3 is 0 Å². The second-order valence-corrected chi connectivity index (χ2v) is 6.96. The first-order valence-corrected chi connectivity index (χ1v) is 8.29. The molecule has 2 aliphatic carbocycles. The van der Waals surface area contributed by atoms with Crippen molar-refractivity contribution in [3.63, 3.8) is 0 Å². The molecular weight excluding hydrogens is 277 g/mol. The standard InChI is InChI=1S/C19H22FNO/c1-22-18-6-10-19(18)8-4-13(5-9-19)15-7-11-21-17-3-2-14(20)12-16(15)17/h2-3,7,11-13,18H,4-6,8-10H2,1H3. The molecule has 2 saturated carbocycles. The minimum atomic E-state index is -0.174. The van der Waals surface area contributed by atoms with Crippen molar-refractivity contribution < 1.29 is 9.13 Å². The Morgan fingerprint density at radius 2 is 1.91 bits per heavy atom. The Hall–Kier alpha value is -1.48. The number of fused-ring (bicyclic) bond motifs is 1. The Kier molecular flexibility index (Phi) is 3.41. The Labute approximate surface area is 130 Å². The number of aromatic nitrogens is 1. The molecule has 1 spiro atoms. The lowest BCUT2D eigenvalue weighted by Crippen LogP contribution is -2.48. The van der Waals surface area contributed by atoms with Crippen molar-refractivity contribution in [2.45, 2.75) is 50.5 Å². The van der Waals surface area contributed by atoms with Crippen molar-refractivity contribution in [1.29, 1.82) is 0 Å². The SMILES string of the molecule is COC1CCC12CCC(c1ccnc3ccc(F)cc13)CC2. The third-order valence-electron chi connectivity index (χ3n) is 6.03. The van der Waals surface area contributed by atoms with Gasteiger partial charge in [0, 0.05) is 18.7 Å². The average molecular weight is 299 g/mol. The van der Waals surface area contributed by atoms with Gasteiger partial charge in [0.25, 0.3) is 0 Å². The van der Waals surface area contributed by atoms with Crippen LogP contribution in [0, 0.1) is 11.2 Å². The van der Waals surface area contributed by atoms with E-state index in [1.807, 2.05) is 13.3 Å². The second kappa shape index (κ2) is 5.31. The molecule has 3 heteroatoms. The third kappa shape index (κ3) is 2.14. The molecule has 1 aromatic heterocycles. The Morgan fingerprint density at radius 1 is 1.14 bits per heavy atom. The lowest BCUT2D eigenvalue weighted by molar-refractivity contribution is -0.112. The highest BCUT2D eigenvalue weighted by Crippen LogP contribution is 2.55. The van der Waals surface area contributed by atoms with Gasteiger partial charge in [-0.05, 0) is 79.7 Å². The van der Waals surface area contributed by atoms with Gasteiger partial charge < -0.3 is 4.74 Å². The monoisotopic (exact) mass is 299 g/mol. The predicted octanol–water partition coefficient (Wildman–Crippen LogP) is 4.83. The van der Waals surface area contributed by atoms with Crippen LogP contribution in [0.2, 0.25) is 0 Å². The fourth-order valence-electron chi connectivity index (χ4n) is 4.61. The summed E-state index contributed by atoms with van der Waals surface area (Å²) in [5, 5.41) is 0.986. The van der Waals surface area contributed by atoms with Crippen LogP contribution in [-0.4, -0.2) is 18.2 Å². The van der Waals surface area contributed by atoms with E-state index in [2.05, 4.69) is 11.1 Å². The molecule has 0 N–H and O–H groups in total. The molecule has 0 bridgehead atoms. The quantitative estimate of drug-likeness (QED) is 0.792. The first-order valence-electron chi connectivity index (χ1n) is 8.29. The van der Waals surface area contributed by atoms with E-state index in [0.29, 0.717) is 17.4 Å². The summed E-state index contributed by atoms with van der Waals surface area (Å²) in [6, 6.07) is 7.00. The Balaban J connectivity index is 1.60. The molecule has 0 aliphatic heterocycles. The highest BCUT2D eigenvalue weighted by Gasteiger charge is 2.48. The van der Waals surface area contributed by atoms with Crippen LogP contribution in [0.25, 0.3) is 10.9 Å². The maximum atomic E-state index is 13.6. The van der Waals surface area contributed by atoms with Gasteiger partial charge in [-0.3, -0.25) is 4.98 Å². The Bertz CT molecular complexity index is 689. The molecule has 1 aromatic carbocycles. The summed E-state index contributed by atoms with van der Waals surface area (Å²) in [5.41, 5.74) is 2.60. The first kappa shape index (κ1) is 14.1. The summed E-state index contributed by atoms with van der Waals surface area (Å²) in [7, 11) is 1.84. The molecule has 0 radical (unpaired) electrons. The van der Waals surface area contributed by atoms with Crippen molar-refractivity contribution in [1.82, 2.24) is 4.98 Å². The van der Waals surface area contributed by atoms with Crippen molar-refractivity contribution in [3.05, 3.63) is 41.8 Å². The maximum Gasteiger partial charge on any atom is 0.123 e. The molecule has 4 rings (SSSR count). The van der Waals surface area contributed by atoms with Gasteiger partial charge in [-0.25, -0.2) is 4.39 Å². The largest absolute Gasteiger partial charge is 0.381 e. The zero-order valence-electron chi connectivity index (χ0n) is 13.0. The number of halogens is 1. The molecular formula is C19H22FNO. The van der Waals surface area contributed by atoms with E-state index in [1.165, 1.54) is 50.2 Å². The van der Waals surface area contributed by atoms with Crippen LogP contribution in [-0.2, 0) is 4.74 Å². The second-order valence-electron chi connectivity index (χ2n) is 6.96. The normalized spacial score (nSPS) is 31.4. The van der Waals surface area contributed by atoms with Crippen LogP contribution in [0.15, 0.2) is 30.5 Å². The van der Waals surface area contributed by atoms with Crippen LogP contribution in [0.3, 0.4) is 0 Å². The van der Waals surface area contributed by atoms with E-state index in [1.54, 1.807) is 12.1 Å². The molecule has 2 fully saturated rings. The van der Waals surface area contributed by atoms with E-state index >= 15 is 0 Å². The summed E-state index contributed by atoms with van der Waals surface area (Å²) in [5.74, 6) is 0.350. The molecule has 0 saturated heterocycles. The molecule has 1 unspecified atom stereocenters. The summed E-state index contributed by atoms with van der Waals surface area (Å²) in [4.78, 5) is 4.37. The minimum absolute atomic E-state index is 0.174. The van der Waals surface area contributed by atoms with Gasteiger partial charge in [0.05, 0.1) is 11.6 Å². The van der Waals surface area contributed by atoms with Crippen LogP contribution < -0.4 is 0 Å². The minimum Gasteiger partial charge on any atom is -0.381 e. The number of nitrogens with zero attached hydrogens (tertiary/aromatic N) is 1. The van der Waals surface area contributed by atoms with Gasteiger partial charge in [-0.15, -0.1) is 0 Å². The molecule has 2 aromatic rings. The van der Waals surface area contributed by atoms with E-state index in [9.17, 15) is 4.39 Å². The summed E-state index contributed by atoms with van der Waals surface area (Å²) < 4.78 is 19.3. The highest BCUT2D eigenvalue weighted by molar-refractivity contribution is 5.82. The summed E-state index contributed by atoms with van der Waals surface area (Å²) >= 11 is 0. The van der Waals surface area contributed by atoms with Gasteiger partial charge in [-0.1, -0.05) is 0 Å². The molecule has 1 atom stereocenters. The summed E-state index contributed by atoms with van der Waals surface area (Å²) in [6.07, 6.45) is 9.66. The van der Waals surface area contributed by atoms with Crippen LogP contribution in [0.4, 0.5) is 4.39 Å². The number of pyridine rings is 1. The zero-order chi connectivity index (χ0) is 15.2. The van der Waals surface area contributed by atoms with Crippen LogP contribution in [0.5, 0.6) is 0 Å². The molecule has 0 amide bonds. The number of rotatable bonds is 2. The first-order chi connectivity index (χ1) is 10.7. The molecule has 2 aliphatic rings. The zero-order valence-corrected chi connectivity index (χ0v) is 13.0. The molecule has 1 heterocycles. The van der Waals surface area contributed by atoms with E-state index in [-0.39, 0.29) is 5.82 Å². The van der Waals surface area contributed by atoms with Gasteiger partial charge in [0.15, 0.2) is 0 Å². The van der Waals surface area contributed by atoms with Crippen molar-refractivity contribution in [3.8, 4) is 0 Å². The van der Waals surface area contributed by atoms with Crippen molar-refractivity contribution in [2.75, 3.05) is 7.11 Å². The topological polar surface area (TPSA) is 22.1 Å². The van der Waals surface area contributed by atoms with Crippen LogP contribution in [0.1, 0.15) is 50.0 Å². The number of methoxy groups -OCH3 is 1. The van der Waals surface area contributed by atoms with Crippen LogP contribution >= 0.6 is 0 Å². The molecule has 116 valence electrons. The number of ether oxygens (including phenoxy) is 1. The highest BCUT2D eigenvalue weighted by atomic mass is 19.1. The van der Waals surface area contributed by atoms with E-state index in [0.717, 1.165) is 10.9 Å². The van der Waals surface area contributed by atoms with E-state index in [4.69, 9.17) is 4.74 Å². The smallest absolute Gasteiger partial charge is 0.123 e. The Morgan fingerprint density at radius 3 is 2.59 bits per heavy atom. The maximum absolute atomic E-state index is 13.6. The van der Waals surface area contributed by atoms with E-state index < -0.39 is 0 Å². The number of hydrogen-bond donors (Lipinski definition) is 0. The average Bonchev–Trinajstić information content (AvgIpc) is 2.54. The number of hydrogen-bond acceptors (Lipinski definition) is 2. The fraction of sp³-hybridized carbons (Fsp3) is 0.526. The van der Waals surface area contributed by atoms with Crippen molar-refractivity contribution in [2.24, 2.45) is 5.41 Å². The van der Waals surface area contributed by atoms with Gasteiger partial charge in [-0.2, -0.15) is 0 Å². The predicted molar refractivity (Wildman–Crippen MR) is 85.4 cm³/mol. The summed E-state index contributed by atoms with van der Waals surface area (Å²) in [6.45, 7) is 0. The fourth-order valence-corrected chi connectivity index (χ4v) is 4.61. The molecule has 2 nitrogen and oxygen atoms in total. The molecule has 22 heavy (non-hydrogen) atoms. The lowest BCUT2D eigenvalue weighted by Gasteiger charge is -2.52. The van der Waals surface area contributed by atoms with Gasteiger partial charge in [0.2, 0.25) is 0 Å². The van der Waals surface area contributed by atoms with Crippen molar-refractivity contribution >= 4 is 10.9 Å². The number of benzene rings is 1. The van der Waals surface area contributed by atoms with Gasteiger partial charge in [0.1, 0.15) is 5.82 Å². The third-order valence-corrected chi connectivity index (χ3v) is 6.03.